The molecule has 1 heterocycles. The van der Waals surface area contributed by atoms with Crippen LogP contribution in [0, 0.1) is 0 Å². The van der Waals surface area contributed by atoms with E-state index in [0.717, 1.165) is 25.9 Å². The number of carbonyl (C=O) groups excluding carboxylic acids is 1. The standard InChI is InChI=1S/C20H33N3O4S/c1-4-23(5-2)28(25,26)17-11-12-19(27-3)18(15-17)21-20(24)16-22-13-9-7-6-8-10-14-22/h11-12,15H,4-10,13-14,16H2,1-3H3,(H,21,24)/p+1. The van der Waals surface area contributed by atoms with E-state index < -0.39 is 10.0 Å². The molecule has 0 atom stereocenters. The largest absolute Gasteiger partial charge is 0.495 e. The Bertz CT molecular complexity index is 740. The van der Waals surface area contributed by atoms with Crippen LogP contribution in [-0.2, 0) is 14.8 Å². The van der Waals surface area contributed by atoms with Gasteiger partial charge in [-0.15, -0.1) is 0 Å². The quantitative estimate of drug-likeness (QED) is 0.678. The number of rotatable bonds is 8. The lowest BCUT2D eigenvalue weighted by Gasteiger charge is -2.22. The second-order valence-corrected chi connectivity index (χ2v) is 9.13. The van der Waals surface area contributed by atoms with Crippen LogP contribution in [0.1, 0.15) is 46.0 Å². The van der Waals surface area contributed by atoms with Crippen LogP contribution < -0.4 is 15.0 Å². The van der Waals surface area contributed by atoms with Crippen LogP contribution in [0.4, 0.5) is 5.69 Å². The number of nitrogens with zero attached hydrogens (tertiary/aromatic N) is 1. The molecule has 0 spiro atoms. The van der Waals surface area contributed by atoms with E-state index in [4.69, 9.17) is 4.74 Å². The number of nitrogens with one attached hydrogen (secondary N) is 2. The van der Waals surface area contributed by atoms with Crippen molar-refractivity contribution in [2.24, 2.45) is 0 Å². The second-order valence-electron chi connectivity index (χ2n) is 7.19. The van der Waals surface area contributed by atoms with E-state index in [2.05, 4.69) is 5.32 Å². The average Bonchev–Trinajstić information content (AvgIpc) is 2.64. The third-order valence-electron chi connectivity index (χ3n) is 5.26. The molecule has 0 saturated carbocycles. The maximum absolute atomic E-state index is 12.8. The predicted octanol–water partition coefficient (Wildman–Crippen LogP) is 1.51. The first-order valence-electron chi connectivity index (χ1n) is 10.2. The molecule has 7 nitrogen and oxygen atoms in total. The van der Waals surface area contributed by atoms with Crippen LogP contribution in [0.3, 0.4) is 0 Å². The van der Waals surface area contributed by atoms with Crippen LogP contribution >= 0.6 is 0 Å². The summed E-state index contributed by atoms with van der Waals surface area (Å²) in [4.78, 5) is 14.0. The first-order valence-corrected chi connectivity index (χ1v) is 11.7. The SMILES string of the molecule is CCN(CC)S(=O)(=O)c1ccc(OC)c(NC(=O)C[NH+]2CCCCCCC2)c1. The molecule has 0 aromatic heterocycles. The number of likely N-dealkylation sites (tertiary alicyclic amines) is 1. The number of hydrogen-bond acceptors (Lipinski definition) is 4. The summed E-state index contributed by atoms with van der Waals surface area (Å²) in [5, 5.41) is 2.86. The van der Waals surface area contributed by atoms with E-state index in [1.165, 1.54) is 47.7 Å². The van der Waals surface area contributed by atoms with Crippen molar-refractivity contribution in [1.82, 2.24) is 4.31 Å². The van der Waals surface area contributed by atoms with E-state index in [9.17, 15) is 13.2 Å². The highest BCUT2D eigenvalue weighted by Gasteiger charge is 2.24. The van der Waals surface area contributed by atoms with Gasteiger partial charge in [-0.25, -0.2) is 8.42 Å². The number of amides is 1. The van der Waals surface area contributed by atoms with Gasteiger partial charge in [-0.2, -0.15) is 4.31 Å². The van der Waals surface area contributed by atoms with Gasteiger partial charge in [0.25, 0.3) is 5.91 Å². The van der Waals surface area contributed by atoms with Crippen LogP contribution in [0.25, 0.3) is 0 Å². The highest BCUT2D eigenvalue weighted by molar-refractivity contribution is 7.89. The fourth-order valence-corrected chi connectivity index (χ4v) is 5.15. The number of anilines is 1. The second kappa shape index (κ2) is 10.8. The number of hydrogen-bond donors (Lipinski definition) is 2. The summed E-state index contributed by atoms with van der Waals surface area (Å²) in [7, 11) is -2.09. The van der Waals surface area contributed by atoms with Crippen molar-refractivity contribution >= 4 is 21.6 Å². The summed E-state index contributed by atoms with van der Waals surface area (Å²) in [5.74, 6) is 0.334. The number of methoxy groups -OCH3 is 1. The molecule has 8 heteroatoms. The van der Waals surface area contributed by atoms with Crippen LogP contribution in [0.15, 0.2) is 23.1 Å². The van der Waals surface area contributed by atoms with E-state index >= 15 is 0 Å². The first kappa shape index (κ1) is 22.6. The van der Waals surface area contributed by atoms with Crippen molar-refractivity contribution in [3.63, 3.8) is 0 Å². The van der Waals surface area contributed by atoms with Gasteiger partial charge < -0.3 is 15.0 Å². The maximum atomic E-state index is 12.8. The molecular weight excluding hydrogens is 378 g/mol. The monoisotopic (exact) mass is 412 g/mol. The topological polar surface area (TPSA) is 80.2 Å². The Hall–Kier alpha value is -1.64. The van der Waals surface area contributed by atoms with Crippen molar-refractivity contribution in [1.29, 1.82) is 0 Å². The number of benzene rings is 1. The van der Waals surface area contributed by atoms with Crippen molar-refractivity contribution in [2.45, 2.75) is 50.8 Å². The van der Waals surface area contributed by atoms with Crippen molar-refractivity contribution < 1.29 is 22.8 Å². The number of sulfonamides is 1. The number of ether oxygens (including phenoxy) is 1. The Morgan fingerprint density at radius 3 is 2.29 bits per heavy atom. The zero-order valence-electron chi connectivity index (χ0n) is 17.3. The zero-order chi connectivity index (χ0) is 20.6. The minimum absolute atomic E-state index is 0.119. The average molecular weight is 413 g/mol. The normalized spacial score (nSPS) is 16.4. The van der Waals surface area contributed by atoms with Gasteiger partial charge in [0.15, 0.2) is 6.54 Å². The van der Waals surface area contributed by atoms with Gasteiger partial charge in [-0.1, -0.05) is 20.3 Å². The van der Waals surface area contributed by atoms with Gasteiger partial charge in [0, 0.05) is 13.1 Å². The summed E-state index contributed by atoms with van der Waals surface area (Å²) in [6.45, 7) is 6.78. The third-order valence-corrected chi connectivity index (χ3v) is 7.31. The van der Waals surface area contributed by atoms with Crippen molar-refractivity contribution in [2.75, 3.05) is 45.2 Å². The highest BCUT2D eigenvalue weighted by atomic mass is 32.2. The Balaban J connectivity index is 2.16. The molecule has 0 radical (unpaired) electrons. The van der Waals surface area contributed by atoms with E-state index in [-0.39, 0.29) is 10.8 Å². The molecule has 1 fully saturated rings. The molecule has 1 amide bonds. The molecule has 0 aliphatic carbocycles. The molecule has 1 aromatic carbocycles. The third kappa shape index (κ3) is 5.93. The summed E-state index contributed by atoms with van der Waals surface area (Å²) in [6.07, 6.45) is 6.02. The molecule has 158 valence electrons. The van der Waals surface area contributed by atoms with Crippen molar-refractivity contribution in [3.05, 3.63) is 18.2 Å². The lowest BCUT2D eigenvalue weighted by atomic mass is 10.1. The van der Waals surface area contributed by atoms with E-state index in [0.29, 0.717) is 31.1 Å². The summed E-state index contributed by atoms with van der Waals surface area (Å²) in [6, 6.07) is 4.60. The Kier molecular flexibility index (Phi) is 8.72. The van der Waals surface area contributed by atoms with E-state index in [1.807, 2.05) is 0 Å². The van der Waals surface area contributed by atoms with Crippen LogP contribution in [0.5, 0.6) is 5.75 Å². The van der Waals surface area contributed by atoms with E-state index in [1.54, 1.807) is 19.9 Å². The fraction of sp³-hybridized carbons (Fsp3) is 0.650. The summed E-state index contributed by atoms with van der Waals surface area (Å²) in [5.41, 5.74) is 0.396. The molecule has 0 unspecified atom stereocenters. The first-order chi connectivity index (χ1) is 13.4. The molecule has 1 aromatic rings. The number of carbonyl (C=O) groups is 1. The lowest BCUT2D eigenvalue weighted by molar-refractivity contribution is -0.892. The van der Waals surface area contributed by atoms with Gasteiger partial charge in [-0.05, 0) is 43.9 Å². The minimum Gasteiger partial charge on any atom is -0.495 e. The Labute approximate surface area is 169 Å². The molecular formula is C20H34N3O4S+. The molecule has 1 saturated heterocycles. The molecule has 0 bridgehead atoms. The van der Waals surface area contributed by atoms with Gasteiger partial charge in [0.05, 0.1) is 30.8 Å². The predicted molar refractivity (Wildman–Crippen MR) is 110 cm³/mol. The fourth-order valence-electron chi connectivity index (χ4n) is 3.66. The smallest absolute Gasteiger partial charge is 0.279 e. The molecule has 2 N–H and O–H groups in total. The van der Waals surface area contributed by atoms with Gasteiger partial charge in [-0.3, -0.25) is 4.79 Å². The maximum Gasteiger partial charge on any atom is 0.279 e. The molecule has 1 aliphatic heterocycles. The zero-order valence-corrected chi connectivity index (χ0v) is 18.1. The Morgan fingerprint density at radius 1 is 1.11 bits per heavy atom. The Morgan fingerprint density at radius 2 is 1.71 bits per heavy atom. The van der Waals surface area contributed by atoms with Crippen molar-refractivity contribution in [3.8, 4) is 5.75 Å². The van der Waals surface area contributed by atoms with Gasteiger partial charge in [0.2, 0.25) is 10.0 Å². The highest BCUT2D eigenvalue weighted by Crippen LogP contribution is 2.28. The molecule has 1 aliphatic rings. The lowest BCUT2D eigenvalue weighted by Crippen LogP contribution is -3.13. The van der Waals surface area contributed by atoms with Gasteiger partial charge in [0.1, 0.15) is 5.75 Å². The van der Waals surface area contributed by atoms with Crippen LogP contribution in [-0.4, -0.2) is 58.5 Å². The minimum atomic E-state index is -3.60. The molecule has 2 rings (SSSR count). The van der Waals surface area contributed by atoms with Gasteiger partial charge >= 0.3 is 0 Å². The number of quaternary nitrogens is 1. The molecule has 28 heavy (non-hydrogen) atoms. The van der Waals surface area contributed by atoms with Crippen LogP contribution in [0.2, 0.25) is 0 Å². The summed E-state index contributed by atoms with van der Waals surface area (Å²) < 4.78 is 32.3. The summed E-state index contributed by atoms with van der Waals surface area (Å²) >= 11 is 0.